The molecule has 0 aliphatic carbocycles. The van der Waals surface area contributed by atoms with Crippen molar-refractivity contribution in [3.63, 3.8) is 0 Å². The molecular formula is C19H15NO5S. The molecule has 1 N–H and O–H groups in total. The van der Waals surface area contributed by atoms with Crippen molar-refractivity contribution in [2.75, 3.05) is 7.11 Å². The number of rotatable bonds is 4. The third-order valence-electron chi connectivity index (χ3n) is 3.62. The Kier molecular flexibility index (Phi) is 5.09. The molecule has 2 aromatic carbocycles. The van der Waals surface area contributed by atoms with Gasteiger partial charge in [-0.2, -0.15) is 0 Å². The Balaban J connectivity index is 1.82. The lowest BCUT2D eigenvalue weighted by atomic mass is 10.1. The van der Waals surface area contributed by atoms with Gasteiger partial charge in [-0.3, -0.25) is 14.9 Å². The topological polar surface area (TPSA) is 81.7 Å². The number of hydrogen-bond donors (Lipinski definition) is 1. The first-order valence-electron chi connectivity index (χ1n) is 7.68. The van der Waals surface area contributed by atoms with Gasteiger partial charge in [0, 0.05) is 0 Å². The summed E-state index contributed by atoms with van der Waals surface area (Å²) < 4.78 is 10.7. The van der Waals surface area contributed by atoms with E-state index >= 15 is 0 Å². The normalized spacial score (nSPS) is 15.1. The smallest absolute Gasteiger partial charge is 0.343 e. The molecule has 7 heteroatoms. The van der Waals surface area contributed by atoms with Crippen LogP contribution in [0.3, 0.4) is 0 Å². The molecule has 1 aliphatic heterocycles. The van der Waals surface area contributed by atoms with Crippen LogP contribution >= 0.6 is 11.8 Å². The molecule has 6 nitrogen and oxygen atoms in total. The van der Waals surface area contributed by atoms with Crippen LogP contribution in [0.2, 0.25) is 0 Å². The Labute approximate surface area is 154 Å². The molecular weight excluding hydrogens is 354 g/mol. The molecule has 0 aromatic heterocycles. The number of hydrogen-bond acceptors (Lipinski definition) is 6. The van der Waals surface area contributed by atoms with Crippen molar-refractivity contribution < 1.29 is 23.9 Å². The van der Waals surface area contributed by atoms with Gasteiger partial charge in [0.15, 0.2) is 11.5 Å². The third kappa shape index (κ3) is 3.94. The summed E-state index contributed by atoms with van der Waals surface area (Å²) >= 11 is 0.831. The summed E-state index contributed by atoms with van der Waals surface area (Å²) in [4.78, 5) is 35.4. The van der Waals surface area contributed by atoms with E-state index in [1.807, 2.05) is 19.1 Å². The maximum atomic E-state index is 12.3. The van der Waals surface area contributed by atoms with Crippen LogP contribution in [-0.2, 0) is 4.79 Å². The molecule has 1 heterocycles. The number of aryl methyl sites for hydroxylation is 1. The molecule has 1 saturated heterocycles. The van der Waals surface area contributed by atoms with Gasteiger partial charge < -0.3 is 9.47 Å². The monoisotopic (exact) mass is 369 g/mol. The van der Waals surface area contributed by atoms with Gasteiger partial charge >= 0.3 is 5.97 Å². The second kappa shape index (κ2) is 7.45. The highest BCUT2D eigenvalue weighted by atomic mass is 32.2. The molecule has 2 aromatic rings. The summed E-state index contributed by atoms with van der Waals surface area (Å²) in [6.45, 7) is 1.93. The minimum Gasteiger partial charge on any atom is -0.493 e. The first-order chi connectivity index (χ1) is 12.5. The molecule has 26 heavy (non-hydrogen) atoms. The highest BCUT2D eigenvalue weighted by molar-refractivity contribution is 8.18. The van der Waals surface area contributed by atoms with E-state index in [2.05, 4.69) is 5.32 Å². The van der Waals surface area contributed by atoms with Gasteiger partial charge in [0.05, 0.1) is 17.6 Å². The third-order valence-corrected chi connectivity index (χ3v) is 4.43. The van der Waals surface area contributed by atoms with Crippen LogP contribution in [0.15, 0.2) is 47.4 Å². The number of benzene rings is 2. The van der Waals surface area contributed by atoms with Crippen molar-refractivity contribution >= 4 is 35.0 Å². The second-order valence-electron chi connectivity index (χ2n) is 5.52. The number of imide groups is 1. The lowest BCUT2D eigenvalue weighted by Gasteiger charge is -2.10. The van der Waals surface area contributed by atoms with E-state index in [1.165, 1.54) is 7.11 Å². The number of nitrogens with one attached hydrogen (secondary N) is 1. The molecule has 0 spiro atoms. The molecule has 132 valence electrons. The second-order valence-corrected chi connectivity index (χ2v) is 6.53. The van der Waals surface area contributed by atoms with Crippen LogP contribution in [0, 0.1) is 6.92 Å². The molecule has 0 bridgehead atoms. The molecule has 1 fully saturated rings. The lowest BCUT2D eigenvalue weighted by molar-refractivity contribution is -0.115. The highest BCUT2D eigenvalue weighted by Crippen LogP contribution is 2.32. The first-order valence-corrected chi connectivity index (χ1v) is 8.49. The quantitative estimate of drug-likeness (QED) is 0.504. The zero-order valence-electron chi connectivity index (χ0n) is 14.1. The zero-order chi connectivity index (χ0) is 18.7. The van der Waals surface area contributed by atoms with Gasteiger partial charge in [0.1, 0.15) is 0 Å². The predicted molar refractivity (Wildman–Crippen MR) is 98.2 cm³/mol. The van der Waals surface area contributed by atoms with E-state index in [4.69, 9.17) is 9.47 Å². The SMILES string of the molecule is COc1cc(C=C2SC(=O)NC2=O)ccc1OC(=O)c1ccc(C)cc1. The number of methoxy groups -OCH3 is 1. The van der Waals surface area contributed by atoms with Gasteiger partial charge in [-0.1, -0.05) is 23.8 Å². The number of carbonyl (C=O) groups is 3. The Morgan fingerprint density at radius 1 is 1.08 bits per heavy atom. The van der Waals surface area contributed by atoms with E-state index in [0.717, 1.165) is 17.3 Å². The van der Waals surface area contributed by atoms with Crippen molar-refractivity contribution in [3.05, 3.63) is 64.1 Å². The standard InChI is InChI=1S/C19H15NO5S/c1-11-3-6-13(7-4-11)18(22)25-14-8-5-12(9-15(14)24-2)10-16-17(21)20-19(23)26-16/h3-10H,1-2H3,(H,20,21,23). The largest absolute Gasteiger partial charge is 0.493 e. The Hall–Kier alpha value is -3.06. The predicted octanol–water partition coefficient (Wildman–Crippen LogP) is 3.55. The number of esters is 1. The van der Waals surface area contributed by atoms with Crippen LogP contribution in [0.4, 0.5) is 4.79 Å². The van der Waals surface area contributed by atoms with Crippen LogP contribution in [0.5, 0.6) is 11.5 Å². The maximum absolute atomic E-state index is 12.3. The van der Waals surface area contributed by atoms with E-state index in [-0.39, 0.29) is 5.75 Å². The molecule has 1 aliphatic rings. The summed E-state index contributed by atoms with van der Waals surface area (Å²) in [6.07, 6.45) is 1.57. The minimum absolute atomic E-state index is 0.264. The summed E-state index contributed by atoms with van der Waals surface area (Å²) in [5.41, 5.74) is 2.12. The van der Waals surface area contributed by atoms with E-state index < -0.39 is 17.1 Å². The fourth-order valence-corrected chi connectivity index (χ4v) is 2.96. The Bertz CT molecular complexity index is 918. The Morgan fingerprint density at radius 3 is 2.42 bits per heavy atom. The summed E-state index contributed by atoms with van der Waals surface area (Å²) in [7, 11) is 1.45. The van der Waals surface area contributed by atoms with Crippen LogP contribution in [-0.4, -0.2) is 24.2 Å². The number of thioether (sulfide) groups is 1. The zero-order valence-corrected chi connectivity index (χ0v) is 14.9. The van der Waals surface area contributed by atoms with Crippen molar-refractivity contribution in [1.82, 2.24) is 5.32 Å². The number of carbonyl (C=O) groups excluding carboxylic acids is 3. The van der Waals surface area contributed by atoms with Crippen molar-refractivity contribution in [2.24, 2.45) is 0 Å². The average molecular weight is 369 g/mol. The lowest BCUT2D eigenvalue weighted by Crippen LogP contribution is -2.17. The summed E-state index contributed by atoms with van der Waals surface area (Å²) in [6, 6.07) is 11.9. The highest BCUT2D eigenvalue weighted by Gasteiger charge is 2.25. The van der Waals surface area contributed by atoms with Crippen LogP contribution in [0.25, 0.3) is 6.08 Å². The van der Waals surface area contributed by atoms with Crippen LogP contribution in [0.1, 0.15) is 21.5 Å². The summed E-state index contributed by atoms with van der Waals surface area (Å²) in [5, 5.41) is 1.79. The fraction of sp³-hybridized carbons (Fsp3) is 0.105. The van der Waals surface area contributed by atoms with Gasteiger partial charge in [0.25, 0.3) is 11.1 Å². The molecule has 0 unspecified atom stereocenters. The van der Waals surface area contributed by atoms with Crippen molar-refractivity contribution in [1.29, 1.82) is 0 Å². The maximum Gasteiger partial charge on any atom is 0.343 e. The minimum atomic E-state index is -0.495. The molecule has 2 amide bonds. The molecule has 3 rings (SSSR count). The Morgan fingerprint density at radius 2 is 1.81 bits per heavy atom. The average Bonchev–Trinajstić information content (AvgIpc) is 2.93. The summed E-state index contributed by atoms with van der Waals surface area (Å²) in [5.74, 6) is -0.325. The fourth-order valence-electron chi connectivity index (χ4n) is 2.28. The van der Waals surface area contributed by atoms with Crippen LogP contribution < -0.4 is 14.8 Å². The number of ether oxygens (including phenoxy) is 2. The molecule has 0 atom stereocenters. The van der Waals surface area contributed by atoms with Crippen molar-refractivity contribution in [2.45, 2.75) is 6.92 Å². The van der Waals surface area contributed by atoms with E-state index in [9.17, 15) is 14.4 Å². The van der Waals surface area contributed by atoms with Gasteiger partial charge in [-0.15, -0.1) is 0 Å². The van der Waals surface area contributed by atoms with E-state index in [1.54, 1.807) is 36.4 Å². The van der Waals surface area contributed by atoms with Gasteiger partial charge in [0.2, 0.25) is 0 Å². The van der Waals surface area contributed by atoms with E-state index in [0.29, 0.717) is 21.8 Å². The number of amides is 2. The molecule has 0 radical (unpaired) electrons. The van der Waals surface area contributed by atoms with Gasteiger partial charge in [-0.05, 0) is 54.6 Å². The first kappa shape index (κ1) is 17.8. The molecule has 0 saturated carbocycles. The van der Waals surface area contributed by atoms with Gasteiger partial charge in [-0.25, -0.2) is 4.79 Å². The van der Waals surface area contributed by atoms with Crippen molar-refractivity contribution in [3.8, 4) is 11.5 Å².